The Balaban J connectivity index is 2.01. The smallest absolute Gasteiger partial charge is 0.300 e. The Hall–Kier alpha value is -1.87. The molecule has 19 heavy (non-hydrogen) atoms. The average Bonchev–Trinajstić information content (AvgIpc) is 2.45. The Morgan fingerprint density at radius 3 is 2.37 bits per heavy atom. The molecule has 0 bridgehead atoms. The van der Waals surface area contributed by atoms with E-state index in [1.54, 1.807) is 0 Å². The number of carboxylic acid groups (broad SMARTS) is 1. The highest BCUT2D eigenvalue weighted by atomic mass is 28.2. The molecule has 0 aliphatic carbocycles. The summed E-state index contributed by atoms with van der Waals surface area (Å²) in [4.78, 5) is 10.7. The molecule has 2 rings (SSSR count). The van der Waals surface area contributed by atoms with Gasteiger partial charge in [-0.1, -0.05) is 59.8 Å². The SMILES string of the molecule is O=C(O)C[Si]c1ccccc1CCc1ccccc1. The van der Waals surface area contributed by atoms with Gasteiger partial charge in [-0.3, -0.25) is 4.79 Å². The molecule has 0 saturated heterocycles. The van der Waals surface area contributed by atoms with E-state index in [4.69, 9.17) is 5.11 Å². The average molecular weight is 268 g/mol. The molecule has 2 aromatic rings. The zero-order chi connectivity index (χ0) is 13.5. The van der Waals surface area contributed by atoms with E-state index in [1.807, 2.05) is 36.4 Å². The zero-order valence-corrected chi connectivity index (χ0v) is 11.7. The minimum atomic E-state index is -0.726. The van der Waals surface area contributed by atoms with Crippen LogP contribution in [0.1, 0.15) is 11.1 Å². The number of carboxylic acids is 1. The first-order valence-electron chi connectivity index (χ1n) is 6.33. The van der Waals surface area contributed by atoms with Crippen molar-refractivity contribution < 1.29 is 9.90 Å². The molecule has 2 radical (unpaired) electrons. The van der Waals surface area contributed by atoms with Crippen molar-refractivity contribution in [1.29, 1.82) is 0 Å². The summed E-state index contributed by atoms with van der Waals surface area (Å²) in [5.41, 5.74) is 2.59. The molecule has 0 fully saturated rings. The predicted molar refractivity (Wildman–Crippen MR) is 78.1 cm³/mol. The maximum atomic E-state index is 10.7. The molecular formula is C16H16O2Si. The number of benzene rings is 2. The maximum Gasteiger partial charge on any atom is 0.300 e. The lowest BCUT2D eigenvalue weighted by Crippen LogP contribution is -2.21. The first-order valence-corrected chi connectivity index (χ1v) is 7.54. The second kappa shape index (κ2) is 6.90. The number of hydrogen-bond acceptors (Lipinski definition) is 1. The van der Waals surface area contributed by atoms with E-state index >= 15 is 0 Å². The van der Waals surface area contributed by atoms with Crippen molar-refractivity contribution >= 4 is 20.7 Å². The number of carbonyl (C=O) groups is 1. The third-order valence-electron chi connectivity index (χ3n) is 2.97. The largest absolute Gasteiger partial charge is 0.481 e. The minimum absolute atomic E-state index is 0.225. The molecular weight excluding hydrogens is 252 g/mol. The maximum absolute atomic E-state index is 10.7. The lowest BCUT2D eigenvalue weighted by Gasteiger charge is -2.08. The molecule has 0 spiro atoms. The van der Waals surface area contributed by atoms with Gasteiger partial charge in [-0.2, -0.15) is 0 Å². The van der Waals surface area contributed by atoms with Gasteiger partial charge in [0.1, 0.15) is 0 Å². The standard InChI is InChI=1S/C16H16O2Si/c17-16(18)12-19-15-9-5-4-8-14(15)11-10-13-6-2-1-3-7-13/h1-9H,10-12H2,(H,17,18). The molecule has 96 valence electrons. The summed E-state index contributed by atoms with van der Waals surface area (Å²) in [5.74, 6) is -0.726. The van der Waals surface area contributed by atoms with E-state index in [-0.39, 0.29) is 6.04 Å². The van der Waals surface area contributed by atoms with Gasteiger partial charge in [-0.05, 0) is 24.0 Å². The lowest BCUT2D eigenvalue weighted by molar-refractivity contribution is -0.134. The van der Waals surface area contributed by atoms with Crippen molar-refractivity contribution in [1.82, 2.24) is 0 Å². The highest BCUT2D eigenvalue weighted by Crippen LogP contribution is 2.06. The van der Waals surface area contributed by atoms with Crippen molar-refractivity contribution in [2.24, 2.45) is 0 Å². The Bertz CT molecular complexity index is 537. The van der Waals surface area contributed by atoms with Crippen LogP contribution in [0.25, 0.3) is 0 Å². The number of hydrogen-bond donors (Lipinski definition) is 1. The predicted octanol–water partition coefficient (Wildman–Crippen LogP) is 2.30. The van der Waals surface area contributed by atoms with Crippen LogP contribution in [0.5, 0.6) is 0 Å². The van der Waals surface area contributed by atoms with Gasteiger partial charge in [0, 0.05) is 6.04 Å². The van der Waals surface area contributed by atoms with E-state index in [9.17, 15) is 4.79 Å². The van der Waals surface area contributed by atoms with Gasteiger partial charge < -0.3 is 5.11 Å². The normalized spacial score (nSPS) is 10.3. The molecule has 2 nitrogen and oxygen atoms in total. The molecule has 0 saturated carbocycles. The molecule has 0 heterocycles. The summed E-state index contributed by atoms with van der Waals surface area (Å²) in [5, 5.41) is 9.96. The second-order valence-corrected chi connectivity index (χ2v) is 5.64. The van der Waals surface area contributed by atoms with E-state index in [0.29, 0.717) is 9.52 Å². The summed E-state index contributed by atoms with van der Waals surface area (Å²) in [7, 11) is 0.352. The van der Waals surface area contributed by atoms with E-state index in [2.05, 4.69) is 18.2 Å². The number of rotatable bonds is 6. The second-order valence-electron chi connectivity index (χ2n) is 4.39. The van der Waals surface area contributed by atoms with Gasteiger partial charge in [0.25, 0.3) is 0 Å². The Kier molecular flexibility index (Phi) is 4.92. The molecule has 0 amide bonds. The monoisotopic (exact) mass is 268 g/mol. The van der Waals surface area contributed by atoms with Crippen LogP contribution in [0.3, 0.4) is 0 Å². The molecule has 0 aliphatic heterocycles. The van der Waals surface area contributed by atoms with Crippen LogP contribution in [-0.2, 0) is 17.6 Å². The molecule has 0 atom stereocenters. The highest BCUT2D eigenvalue weighted by molar-refractivity contribution is 6.57. The molecule has 0 aromatic heterocycles. The van der Waals surface area contributed by atoms with Crippen LogP contribution < -0.4 is 5.19 Å². The fourth-order valence-corrected chi connectivity index (χ4v) is 3.00. The molecule has 0 aliphatic rings. The number of aliphatic carboxylic acids is 1. The topological polar surface area (TPSA) is 37.3 Å². The molecule has 0 unspecified atom stereocenters. The first kappa shape index (κ1) is 13.6. The van der Waals surface area contributed by atoms with Crippen LogP contribution in [0.2, 0.25) is 6.04 Å². The Morgan fingerprint density at radius 2 is 1.63 bits per heavy atom. The third kappa shape index (κ3) is 4.37. The van der Waals surface area contributed by atoms with Crippen LogP contribution in [0.4, 0.5) is 0 Å². The van der Waals surface area contributed by atoms with Crippen LogP contribution >= 0.6 is 0 Å². The molecule has 1 N–H and O–H groups in total. The van der Waals surface area contributed by atoms with E-state index in [1.165, 1.54) is 16.3 Å². The first-order chi connectivity index (χ1) is 9.25. The Labute approximate surface area is 115 Å². The third-order valence-corrected chi connectivity index (χ3v) is 4.32. The van der Waals surface area contributed by atoms with Crippen LogP contribution in [-0.4, -0.2) is 20.6 Å². The van der Waals surface area contributed by atoms with E-state index in [0.717, 1.165) is 12.8 Å². The van der Waals surface area contributed by atoms with Gasteiger partial charge in [0.15, 0.2) is 0 Å². The summed E-state index contributed by atoms with van der Waals surface area (Å²) >= 11 is 0. The van der Waals surface area contributed by atoms with Gasteiger partial charge in [0.05, 0.1) is 9.52 Å². The lowest BCUT2D eigenvalue weighted by atomic mass is 10.0. The summed E-state index contributed by atoms with van der Waals surface area (Å²) in [6.07, 6.45) is 1.96. The van der Waals surface area contributed by atoms with E-state index < -0.39 is 5.97 Å². The zero-order valence-electron chi connectivity index (χ0n) is 10.7. The quantitative estimate of drug-likeness (QED) is 0.816. The van der Waals surface area contributed by atoms with Crippen molar-refractivity contribution in [3.05, 3.63) is 65.7 Å². The Morgan fingerprint density at radius 1 is 0.947 bits per heavy atom. The fraction of sp³-hybridized carbons (Fsp3) is 0.188. The van der Waals surface area contributed by atoms with Gasteiger partial charge in [0.2, 0.25) is 0 Å². The molecule has 2 aromatic carbocycles. The van der Waals surface area contributed by atoms with Gasteiger partial charge >= 0.3 is 5.97 Å². The summed E-state index contributed by atoms with van der Waals surface area (Å²) < 4.78 is 0. The van der Waals surface area contributed by atoms with Crippen molar-refractivity contribution in [2.45, 2.75) is 18.9 Å². The van der Waals surface area contributed by atoms with Crippen LogP contribution in [0, 0.1) is 0 Å². The fourth-order valence-electron chi connectivity index (χ4n) is 2.01. The van der Waals surface area contributed by atoms with Gasteiger partial charge in [-0.15, -0.1) is 0 Å². The minimum Gasteiger partial charge on any atom is -0.481 e. The summed E-state index contributed by atoms with van der Waals surface area (Å²) in [6, 6.07) is 18.7. The molecule has 3 heteroatoms. The van der Waals surface area contributed by atoms with Crippen molar-refractivity contribution in [3.63, 3.8) is 0 Å². The van der Waals surface area contributed by atoms with Gasteiger partial charge in [-0.25, -0.2) is 0 Å². The number of aryl methyl sites for hydroxylation is 2. The summed E-state index contributed by atoms with van der Waals surface area (Å²) in [6.45, 7) is 0. The van der Waals surface area contributed by atoms with Crippen molar-refractivity contribution in [2.75, 3.05) is 0 Å². The van der Waals surface area contributed by atoms with Crippen molar-refractivity contribution in [3.8, 4) is 0 Å². The highest BCUT2D eigenvalue weighted by Gasteiger charge is 2.06. The van der Waals surface area contributed by atoms with Crippen LogP contribution in [0.15, 0.2) is 54.6 Å².